The first-order chi connectivity index (χ1) is 15.0. The van der Waals surface area contributed by atoms with Gasteiger partial charge in [0.15, 0.2) is 0 Å². The van der Waals surface area contributed by atoms with Gasteiger partial charge in [-0.05, 0) is 44.0 Å². The summed E-state index contributed by atoms with van der Waals surface area (Å²) in [5, 5.41) is 4.10. The number of nitrogens with zero attached hydrogens (tertiary/aromatic N) is 2. The molecule has 3 aromatic rings. The minimum absolute atomic E-state index is 0.0958. The molecule has 1 N–H and O–H groups in total. The molecule has 2 aliphatic rings. The Morgan fingerprint density at radius 3 is 2.55 bits per heavy atom. The number of nitrogens with one attached hydrogen (secondary N) is 1. The molecule has 2 aromatic carbocycles. The summed E-state index contributed by atoms with van der Waals surface area (Å²) in [4.78, 5) is 28.7. The van der Waals surface area contributed by atoms with Crippen LogP contribution in [0.3, 0.4) is 0 Å². The van der Waals surface area contributed by atoms with E-state index in [0.29, 0.717) is 5.69 Å². The van der Waals surface area contributed by atoms with Crippen molar-refractivity contribution in [3.8, 4) is 0 Å². The van der Waals surface area contributed by atoms with E-state index in [0.717, 1.165) is 36.6 Å². The maximum atomic E-state index is 14.9. The lowest BCUT2D eigenvalue weighted by Crippen LogP contribution is -2.65. The number of aromatic nitrogens is 1. The van der Waals surface area contributed by atoms with Gasteiger partial charge < -0.3 is 9.88 Å². The number of para-hydroxylation sites is 2. The molecule has 1 aromatic heterocycles. The number of carbonyl (C=O) groups is 2. The van der Waals surface area contributed by atoms with Crippen LogP contribution in [-0.4, -0.2) is 28.0 Å². The van der Waals surface area contributed by atoms with E-state index < -0.39 is 11.4 Å². The van der Waals surface area contributed by atoms with E-state index in [1.165, 1.54) is 17.4 Å². The van der Waals surface area contributed by atoms with Gasteiger partial charge in [0, 0.05) is 16.9 Å². The second kappa shape index (κ2) is 7.52. The van der Waals surface area contributed by atoms with E-state index in [9.17, 15) is 14.0 Å². The van der Waals surface area contributed by atoms with Gasteiger partial charge in [-0.1, -0.05) is 49.6 Å². The van der Waals surface area contributed by atoms with Gasteiger partial charge in [0.1, 0.15) is 17.1 Å². The topological polar surface area (TPSA) is 54.3 Å². The molecule has 2 amide bonds. The van der Waals surface area contributed by atoms with Gasteiger partial charge in [-0.3, -0.25) is 14.5 Å². The van der Waals surface area contributed by atoms with Gasteiger partial charge in [-0.25, -0.2) is 4.39 Å². The van der Waals surface area contributed by atoms with Crippen LogP contribution in [0, 0.1) is 5.82 Å². The largest absolute Gasteiger partial charge is 0.351 e. The maximum absolute atomic E-state index is 14.9. The molecule has 1 atom stereocenters. The molecule has 2 heterocycles. The second-order valence-corrected chi connectivity index (χ2v) is 8.85. The summed E-state index contributed by atoms with van der Waals surface area (Å²) in [6.45, 7) is 2.00. The fourth-order valence-electron chi connectivity index (χ4n) is 5.04. The molecule has 0 bridgehead atoms. The lowest BCUT2D eigenvalue weighted by Gasteiger charge is -2.44. The van der Waals surface area contributed by atoms with Gasteiger partial charge in [0.05, 0.1) is 12.2 Å². The summed E-state index contributed by atoms with van der Waals surface area (Å²) in [7, 11) is 0. The molecule has 1 saturated carbocycles. The van der Waals surface area contributed by atoms with Crippen LogP contribution in [-0.2, 0) is 11.3 Å². The highest BCUT2D eigenvalue weighted by Gasteiger charge is 2.49. The van der Waals surface area contributed by atoms with Crippen molar-refractivity contribution in [3.63, 3.8) is 0 Å². The molecule has 160 valence electrons. The van der Waals surface area contributed by atoms with Crippen molar-refractivity contribution < 1.29 is 14.0 Å². The van der Waals surface area contributed by atoms with Crippen LogP contribution in [0.1, 0.15) is 49.5 Å². The number of benzene rings is 2. The third-order valence-electron chi connectivity index (χ3n) is 6.72. The molecule has 5 nitrogen and oxygen atoms in total. The molecule has 1 fully saturated rings. The van der Waals surface area contributed by atoms with Crippen LogP contribution in [0.15, 0.2) is 54.6 Å². The third kappa shape index (κ3) is 3.21. The Morgan fingerprint density at radius 2 is 1.77 bits per heavy atom. The standard InChI is InChI=1S/C25H26FN3O2/c1-25(24(31)27-18-10-3-2-4-11-18)16-28-20-13-7-5-9-17(20)15-22(28)23(30)29(25)21-14-8-6-12-19(21)26/h5-9,12-15,18H,2-4,10-11,16H2,1H3,(H,27,31)/t25-/m0/s1. The van der Waals surface area contributed by atoms with E-state index in [1.54, 1.807) is 25.1 Å². The molecule has 1 aliphatic carbocycles. The number of rotatable bonds is 3. The van der Waals surface area contributed by atoms with E-state index in [1.807, 2.05) is 34.9 Å². The highest BCUT2D eigenvalue weighted by molar-refractivity contribution is 6.14. The smallest absolute Gasteiger partial charge is 0.276 e. The lowest BCUT2D eigenvalue weighted by molar-refractivity contribution is -0.127. The first-order valence-electron chi connectivity index (χ1n) is 11.0. The van der Waals surface area contributed by atoms with Gasteiger partial charge in [-0.2, -0.15) is 0 Å². The highest BCUT2D eigenvalue weighted by Crippen LogP contribution is 2.37. The Morgan fingerprint density at radius 1 is 1.06 bits per heavy atom. The molecule has 0 saturated heterocycles. The van der Waals surface area contributed by atoms with Crippen molar-refractivity contribution in [1.29, 1.82) is 0 Å². The number of amides is 2. The van der Waals surface area contributed by atoms with Gasteiger partial charge in [0.2, 0.25) is 5.91 Å². The zero-order valence-electron chi connectivity index (χ0n) is 17.6. The van der Waals surface area contributed by atoms with E-state index in [4.69, 9.17) is 0 Å². The van der Waals surface area contributed by atoms with Crippen molar-refractivity contribution in [2.24, 2.45) is 0 Å². The molecule has 0 unspecified atom stereocenters. The van der Waals surface area contributed by atoms with Crippen molar-refractivity contribution in [3.05, 3.63) is 66.1 Å². The van der Waals surface area contributed by atoms with Crippen LogP contribution in [0.2, 0.25) is 0 Å². The zero-order valence-corrected chi connectivity index (χ0v) is 17.6. The number of carbonyl (C=O) groups excluding carboxylic acids is 2. The van der Waals surface area contributed by atoms with Gasteiger partial charge in [0.25, 0.3) is 5.91 Å². The quantitative estimate of drug-likeness (QED) is 0.672. The Kier molecular flexibility index (Phi) is 4.80. The molecule has 1 aliphatic heterocycles. The molecule has 31 heavy (non-hydrogen) atoms. The highest BCUT2D eigenvalue weighted by atomic mass is 19.1. The number of fused-ring (bicyclic) bond motifs is 3. The molecule has 6 heteroatoms. The second-order valence-electron chi connectivity index (χ2n) is 8.85. The number of hydrogen-bond donors (Lipinski definition) is 1. The number of halogens is 1. The summed E-state index contributed by atoms with van der Waals surface area (Å²) in [6.07, 6.45) is 5.23. The predicted octanol–water partition coefficient (Wildman–Crippen LogP) is 4.65. The molecule has 0 spiro atoms. The zero-order chi connectivity index (χ0) is 21.6. The minimum Gasteiger partial charge on any atom is -0.351 e. The summed E-state index contributed by atoms with van der Waals surface area (Å²) < 4.78 is 16.8. The van der Waals surface area contributed by atoms with Crippen LogP contribution in [0.4, 0.5) is 10.1 Å². The molecular weight excluding hydrogens is 393 g/mol. The SMILES string of the molecule is C[C@@]1(C(=O)NC2CCCCC2)Cn2c(cc3ccccc32)C(=O)N1c1ccccc1F. The first kappa shape index (κ1) is 19.8. The summed E-state index contributed by atoms with van der Waals surface area (Å²) in [5.41, 5.74) is 0.235. The van der Waals surface area contributed by atoms with Crippen molar-refractivity contribution in [1.82, 2.24) is 9.88 Å². The number of anilines is 1. The molecule has 5 rings (SSSR count). The Bertz CT molecular complexity index is 1160. The minimum atomic E-state index is -1.26. The van der Waals surface area contributed by atoms with Gasteiger partial charge >= 0.3 is 0 Å². The Hall–Kier alpha value is -3.15. The maximum Gasteiger partial charge on any atom is 0.276 e. The molecule has 0 radical (unpaired) electrons. The normalized spacial score (nSPS) is 21.9. The van der Waals surface area contributed by atoms with Crippen LogP contribution < -0.4 is 10.2 Å². The molecular formula is C25H26FN3O2. The van der Waals surface area contributed by atoms with Crippen molar-refractivity contribution in [2.45, 2.75) is 57.2 Å². The Labute approximate surface area is 180 Å². The number of hydrogen-bond acceptors (Lipinski definition) is 2. The van der Waals surface area contributed by atoms with Crippen LogP contribution >= 0.6 is 0 Å². The lowest BCUT2D eigenvalue weighted by atomic mass is 9.91. The van der Waals surface area contributed by atoms with E-state index in [2.05, 4.69) is 5.32 Å². The monoisotopic (exact) mass is 419 g/mol. The Balaban J connectivity index is 1.63. The summed E-state index contributed by atoms with van der Waals surface area (Å²) >= 11 is 0. The first-order valence-corrected chi connectivity index (χ1v) is 11.0. The predicted molar refractivity (Wildman–Crippen MR) is 119 cm³/mol. The van der Waals surface area contributed by atoms with Gasteiger partial charge in [-0.15, -0.1) is 0 Å². The fourth-order valence-corrected chi connectivity index (χ4v) is 5.04. The summed E-state index contributed by atoms with van der Waals surface area (Å²) in [6, 6.07) is 15.8. The average molecular weight is 420 g/mol. The third-order valence-corrected chi connectivity index (χ3v) is 6.72. The van der Waals surface area contributed by atoms with Crippen LogP contribution in [0.25, 0.3) is 10.9 Å². The van der Waals surface area contributed by atoms with E-state index >= 15 is 0 Å². The summed E-state index contributed by atoms with van der Waals surface area (Å²) in [5.74, 6) is -1.12. The average Bonchev–Trinajstić information content (AvgIpc) is 3.14. The van der Waals surface area contributed by atoms with Crippen molar-refractivity contribution in [2.75, 3.05) is 4.90 Å². The van der Waals surface area contributed by atoms with E-state index in [-0.39, 0.29) is 30.1 Å². The fraction of sp³-hybridized carbons (Fsp3) is 0.360. The van der Waals surface area contributed by atoms with Crippen molar-refractivity contribution >= 4 is 28.4 Å². The van der Waals surface area contributed by atoms with Crippen LogP contribution in [0.5, 0.6) is 0 Å².